The van der Waals surface area contributed by atoms with Gasteiger partial charge in [-0.3, -0.25) is 9.48 Å². The summed E-state index contributed by atoms with van der Waals surface area (Å²) in [7, 11) is -4.28. The van der Waals surface area contributed by atoms with Crippen molar-refractivity contribution in [2.75, 3.05) is 13.2 Å². The summed E-state index contributed by atoms with van der Waals surface area (Å²) in [6.07, 6.45) is 5.43. The zero-order valence-corrected chi connectivity index (χ0v) is 28.6. The van der Waals surface area contributed by atoms with E-state index in [0.29, 0.717) is 43.7 Å². The molecule has 2 N–H and O–H groups in total. The van der Waals surface area contributed by atoms with Crippen molar-refractivity contribution in [3.63, 3.8) is 0 Å². The third kappa shape index (κ3) is 6.73. The minimum absolute atomic E-state index is 0.124. The van der Waals surface area contributed by atoms with Crippen LogP contribution >= 0.6 is 11.6 Å². The molecule has 5 rings (SSSR count). The van der Waals surface area contributed by atoms with Gasteiger partial charge in [-0.15, -0.1) is 5.10 Å². The number of carbonyl (C=O) groups is 2. The summed E-state index contributed by atoms with van der Waals surface area (Å²) in [6.45, 7) is 14.4. The number of halogens is 1. The highest BCUT2D eigenvalue weighted by molar-refractivity contribution is 7.90. The normalized spacial score (nSPS) is 20.1. The molecule has 1 unspecified atom stereocenters. The highest BCUT2D eigenvalue weighted by atomic mass is 35.5. The first-order chi connectivity index (χ1) is 21.4. The quantitative estimate of drug-likeness (QED) is 0.244. The summed E-state index contributed by atoms with van der Waals surface area (Å²) in [5.74, 6) is 0.625. The zero-order chi connectivity index (χ0) is 33.7. The molecule has 2 fully saturated rings. The smallest absolute Gasteiger partial charge is 0.407 e. The van der Waals surface area contributed by atoms with Crippen molar-refractivity contribution >= 4 is 33.6 Å². The van der Waals surface area contributed by atoms with Crippen LogP contribution < -0.4 is 9.46 Å². The zero-order valence-electron chi connectivity index (χ0n) is 27.0. The maximum absolute atomic E-state index is 12.9. The van der Waals surface area contributed by atoms with E-state index in [0.717, 1.165) is 19.3 Å². The number of sulfonamides is 1. The van der Waals surface area contributed by atoms with E-state index in [4.69, 9.17) is 16.3 Å². The van der Waals surface area contributed by atoms with Gasteiger partial charge in [0, 0.05) is 37.1 Å². The number of hydrogen-bond acceptors (Lipinski definition) is 8. The predicted molar refractivity (Wildman–Crippen MR) is 171 cm³/mol. The van der Waals surface area contributed by atoms with E-state index in [9.17, 15) is 23.1 Å². The molecule has 3 aromatic heterocycles. The van der Waals surface area contributed by atoms with E-state index in [1.165, 1.54) is 38.7 Å². The minimum Gasteiger partial charge on any atom is -0.477 e. The first-order valence-electron chi connectivity index (χ1n) is 15.4. The molecule has 46 heavy (non-hydrogen) atoms. The molecule has 1 saturated carbocycles. The van der Waals surface area contributed by atoms with Crippen LogP contribution in [0.3, 0.4) is 0 Å². The van der Waals surface area contributed by atoms with Gasteiger partial charge in [0.25, 0.3) is 15.9 Å². The molecular weight excluding hydrogens is 634 g/mol. The second-order valence-electron chi connectivity index (χ2n) is 14.0. The SMILES string of the molecule is CC1(C)CC(CCCn2ccc(S(=O)(=O)NC(=O)c3ccc(-n4ccc(OCCC5C(C)(C)C5(C)C)n4)nc3Cl)n2)CN1C(=O)O. The standard InChI is InChI=1S/C31H42ClN7O6S/c1-29(2)18-20(19-38(29)28(41)42)8-7-14-37-15-12-25(35-37)46(43,44)36-27(40)21-9-10-23(33-26(21)32)39-16-11-24(34-39)45-17-13-22-30(3,4)31(22,5)6/h9-12,15-16,20,22H,7-8,13-14,17-19H2,1-6H3,(H,36,40)(H,41,42). The summed E-state index contributed by atoms with van der Waals surface area (Å²) >= 11 is 6.30. The molecule has 1 aliphatic carbocycles. The number of pyridine rings is 1. The average molecular weight is 676 g/mol. The molecule has 0 bridgehead atoms. The second kappa shape index (κ2) is 12.2. The van der Waals surface area contributed by atoms with Gasteiger partial charge in [-0.25, -0.2) is 19.2 Å². The molecule has 250 valence electrons. The molecule has 15 heteroatoms. The molecule has 3 aromatic rings. The molecule has 2 aliphatic rings. The molecule has 1 aliphatic heterocycles. The first-order valence-corrected chi connectivity index (χ1v) is 17.2. The van der Waals surface area contributed by atoms with Gasteiger partial charge in [-0.2, -0.15) is 13.5 Å². The van der Waals surface area contributed by atoms with Crippen LogP contribution in [-0.4, -0.2) is 73.7 Å². The number of rotatable bonds is 12. The largest absolute Gasteiger partial charge is 0.477 e. The fraction of sp³-hybridized carbons (Fsp3) is 0.581. The summed E-state index contributed by atoms with van der Waals surface area (Å²) in [5, 5.41) is 17.4. The third-order valence-electron chi connectivity index (χ3n) is 10.2. The molecule has 2 amide bonds. The summed E-state index contributed by atoms with van der Waals surface area (Å²) in [6, 6.07) is 5.92. The fourth-order valence-electron chi connectivity index (χ4n) is 6.87. The summed E-state index contributed by atoms with van der Waals surface area (Å²) in [4.78, 5) is 30.1. The van der Waals surface area contributed by atoms with Gasteiger partial charge < -0.3 is 14.7 Å². The van der Waals surface area contributed by atoms with Gasteiger partial charge in [-0.1, -0.05) is 39.3 Å². The van der Waals surface area contributed by atoms with Gasteiger partial charge in [0.1, 0.15) is 5.15 Å². The van der Waals surface area contributed by atoms with E-state index < -0.39 is 27.6 Å². The van der Waals surface area contributed by atoms with E-state index in [2.05, 4.69) is 42.9 Å². The Balaban J connectivity index is 1.13. The number of nitrogens with one attached hydrogen (secondary N) is 1. The van der Waals surface area contributed by atoms with Crippen molar-refractivity contribution in [3.05, 3.63) is 47.4 Å². The van der Waals surface area contributed by atoms with Crippen LogP contribution in [0.4, 0.5) is 4.79 Å². The van der Waals surface area contributed by atoms with Gasteiger partial charge >= 0.3 is 6.09 Å². The number of hydrogen-bond donors (Lipinski definition) is 2. The lowest BCUT2D eigenvalue weighted by Gasteiger charge is -2.28. The summed E-state index contributed by atoms with van der Waals surface area (Å²) in [5.41, 5.74) is 0.0347. The number of aromatic nitrogens is 5. The lowest BCUT2D eigenvalue weighted by molar-refractivity contribution is 0.0980. The van der Waals surface area contributed by atoms with E-state index in [1.54, 1.807) is 12.3 Å². The van der Waals surface area contributed by atoms with Crippen LogP contribution in [-0.2, 0) is 16.6 Å². The monoisotopic (exact) mass is 675 g/mol. The number of ether oxygens (including phenoxy) is 1. The Labute approximate surface area is 274 Å². The van der Waals surface area contributed by atoms with Crippen LogP contribution in [0.1, 0.15) is 77.6 Å². The lowest BCUT2D eigenvalue weighted by atomic mass is 9.93. The number of carbonyl (C=O) groups excluding carboxylic acids is 1. The minimum atomic E-state index is -4.28. The van der Waals surface area contributed by atoms with Gasteiger partial charge in [-0.05, 0) is 80.4 Å². The predicted octanol–water partition coefficient (Wildman–Crippen LogP) is 5.25. The van der Waals surface area contributed by atoms with Crippen LogP contribution in [0.5, 0.6) is 5.88 Å². The summed E-state index contributed by atoms with van der Waals surface area (Å²) < 4.78 is 36.7. The van der Waals surface area contributed by atoms with Crippen molar-refractivity contribution in [2.45, 2.75) is 84.3 Å². The number of nitrogens with zero attached hydrogens (tertiary/aromatic N) is 6. The highest BCUT2D eigenvalue weighted by Gasteiger charge is 2.63. The molecule has 0 spiro atoms. The number of amides is 2. The Morgan fingerprint density at radius 2 is 1.76 bits per heavy atom. The van der Waals surface area contributed by atoms with Crippen molar-refractivity contribution in [1.82, 2.24) is 34.2 Å². The Bertz CT molecular complexity index is 1720. The number of aryl methyl sites for hydroxylation is 1. The Hall–Kier alpha value is -3.65. The van der Waals surface area contributed by atoms with Gasteiger partial charge in [0.15, 0.2) is 10.8 Å². The number of likely N-dealkylation sites (tertiary alicyclic amines) is 1. The topological polar surface area (TPSA) is 162 Å². The van der Waals surface area contributed by atoms with E-state index >= 15 is 0 Å². The maximum Gasteiger partial charge on any atom is 0.407 e. The van der Waals surface area contributed by atoms with Crippen LogP contribution in [0.2, 0.25) is 5.15 Å². The second-order valence-corrected chi connectivity index (χ2v) is 16.0. The van der Waals surface area contributed by atoms with Crippen molar-refractivity contribution in [1.29, 1.82) is 0 Å². The van der Waals surface area contributed by atoms with Gasteiger partial charge in [0.05, 0.1) is 12.2 Å². The Morgan fingerprint density at radius 3 is 2.39 bits per heavy atom. The molecule has 1 saturated heterocycles. The van der Waals surface area contributed by atoms with Gasteiger partial charge in [0.2, 0.25) is 5.88 Å². The molecule has 4 heterocycles. The fourth-order valence-corrected chi connectivity index (χ4v) is 8.02. The Morgan fingerprint density at radius 1 is 1.04 bits per heavy atom. The van der Waals surface area contributed by atoms with Crippen LogP contribution in [0, 0.1) is 22.7 Å². The molecule has 0 radical (unpaired) electrons. The first kappa shape index (κ1) is 33.7. The van der Waals surface area contributed by atoms with Crippen LogP contribution in [0.15, 0.2) is 41.7 Å². The van der Waals surface area contributed by atoms with E-state index in [1.807, 2.05) is 18.6 Å². The maximum atomic E-state index is 12.9. The molecular formula is C31H42ClN7O6S. The van der Waals surface area contributed by atoms with Crippen molar-refractivity contribution < 1.29 is 27.9 Å². The third-order valence-corrected chi connectivity index (χ3v) is 11.7. The highest BCUT2D eigenvalue weighted by Crippen LogP contribution is 2.69. The lowest BCUT2D eigenvalue weighted by Crippen LogP contribution is -2.41. The van der Waals surface area contributed by atoms with Crippen LogP contribution in [0.25, 0.3) is 5.82 Å². The van der Waals surface area contributed by atoms with E-state index in [-0.39, 0.29) is 32.5 Å². The van der Waals surface area contributed by atoms with Crippen molar-refractivity contribution in [3.8, 4) is 11.7 Å². The average Bonchev–Trinajstić information content (AvgIpc) is 3.56. The number of carboxylic acid groups (broad SMARTS) is 1. The van der Waals surface area contributed by atoms with Crippen molar-refractivity contribution in [2.24, 2.45) is 22.7 Å². The molecule has 1 atom stereocenters. The molecule has 13 nitrogen and oxygen atoms in total. The Kier molecular flexibility index (Phi) is 8.92. The molecule has 0 aromatic carbocycles.